The Morgan fingerprint density at radius 2 is 1.17 bits per heavy atom. The van der Waals surface area contributed by atoms with Crippen LogP contribution in [0.2, 0.25) is 0 Å². The highest BCUT2D eigenvalue weighted by molar-refractivity contribution is 5.63. The minimum atomic E-state index is 0.612. The van der Waals surface area contributed by atoms with E-state index in [0.29, 0.717) is 11.8 Å². The number of benzene rings is 2. The molecule has 0 radical (unpaired) electrons. The molecule has 4 rings (SSSR count). The summed E-state index contributed by atoms with van der Waals surface area (Å²) in [4.78, 5) is 9.08. The minimum Gasteiger partial charge on any atom is -0.457 e. The lowest BCUT2D eigenvalue weighted by molar-refractivity contribution is 0.481. The molecular weight excluding hydrogens is 364 g/mol. The maximum atomic E-state index is 6.14. The Morgan fingerprint density at radius 3 is 1.55 bits per heavy atom. The number of hydrogen-bond acceptors (Lipinski definition) is 5. The summed E-state index contributed by atoms with van der Waals surface area (Å²) in [7, 11) is 0. The second-order valence-corrected chi connectivity index (χ2v) is 7.05. The van der Waals surface area contributed by atoms with Crippen LogP contribution in [-0.2, 0) is 12.8 Å². The molecule has 0 N–H and O–H groups in total. The van der Waals surface area contributed by atoms with E-state index in [1.807, 2.05) is 50.2 Å². The molecule has 0 fully saturated rings. The predicted molar refractivity (Wildman–Crippen MR) is 112 cm³/mol. The number of nitrogens with zero attached hydrogens (tertiary/aromatic N) is 2. The fourth-order valence-electron chi connectivity index (χ4n) is 3.11. The number of ether oxygens (including phenoxy) is 1. The van der Waals surface area contributed by atoms with Crippen LogP contribution in [0.25, 0.3) is 22.9 Å². The zero-order valence-corrected chi connectivity index (χ0v) is 17.2. The van der Waals surface area contributed by atoms with Crippen LogP contribution in [0.3, 0.4) is 0 Å². The van der Waals surface area contributed by atoms with Gasteiger partial charge in [-0.15, -0.1) is 0 Å². The van der Waals surface area contributed by atoms with Crippen LogP contribution in [0.1, 0.15) is 36.4 Å². The van der Waals surface area contributed by atoms with Crippen LogP contribution in [0.5, 0.6) is 11.5 Å². The lowest BCUT2D eigenvalue weighted by Gasteiger charge is -2.10. The quantitative estimate of drug-likeness (QED) is 0.376. The highest BCUT2D eigenvalue weighted by atomic mass is 16.5. The van der Waals surface area contributed by atoms with Crippen molar-refractivity contribution < 1.29 is 13.6 Å². The molecule has 2 aromatic carbocycles. The van der Waals surface area contributed by atoms with E-state index in [-0.39, 0.29) is 0 Å². The van der Waals surface area contributed by atoms with Gasteiger partial charge in [0.1, 0.15) is 24.0 Å². The SMILES string of the molecule is CCc1coc(-c2cc(Oc3ccc(C)c(-c4nc(CC)co4)c3)ccc2C)n1. The van der Waals surface area contributed by atoms with Crippen LogP contribution >= 0.6 is 0 Å². The first-order valence-electron chi connectivity index (χ1n) is 9.86. The molecule has 0 atom stereocenters. The number of oxazole rings is 2. The number of hydrogen-bond donors (Lipinski definition) is 0. The van der Waals surface area contributed by atoms with Crippen molar-refractivity contribution in [2.24, 2.45) is 0 Å². The third-order valence-electron chi connectivity index (χ3n) is 4.94. The van der Waals surface area contributed by atoms with E-state index in [0.717, 1.165) is 58.0 Å². The Labute approximate surface area is 170 Å². The molecule has 0 aliphatic heterocycles. The number of rotatable bonds is 6. The van der Waals surface area contributed by atoms with Crippen molar-refractivity contribution >= 4 is 0 Å². The molecule has 0 bridgehead atoms. The van der Waals surface area contributed by atoms with Gasteiger partial charge in [-0.05, 0) is 62.1 Å². The molecule has 5 heteroatoms. The van der Waals surface area contributed by atoms with E-state index >= 15 is 0 Å². The van der Waals surface area contributed by atoms with Crippen molar-refractivity contribution in [3.05, 3.63) is 71.4 Å². The molecule has 148 valence electrons. The summed E-state index contributed by atoms with van der Waals surface area (Å²) in [6, 6.07) is 11.8. The first-order valence-corrected chi connectivity index (χ1v) is 9.86. The standard InChI is InChI=1S/C24H24N2O3/c1-5-17-13-27-23(25-17)21-11-19(9-7-15(21)3)29-20-10-8-16(4)22(12-20)24-26-18(6-2)14-28-24/h7-14H,5-6H2,1-4H3. The van der Waals surface area contributed by atoms with Crippen molar-refractivity contribution in [1.29, 1.82) is 0 Å². The van der Waals surface area contributed by atoms with Crippen LogP contribution in [0.15, 0.2) is 57.8 Å². The molecule has 0 aliphatic rings. The van der Waals surface area contributed by atoms with E-state index in [2.05, 4.69) is 23.8 Å². The fourth-order valence-corrected chi connectivity index (χ4v) is 3.11. The van der Waals surface area contributed by atoms with Gasteiger partial charge in [0.25, 0.3) is 0 Å². The summed E-state index contributed by atoms with van der Waals surface area (Å²) in [6.45, 7) is 8.18. The third-order valence-corrected chi connectivity index (χ3v) is 4.94. The molecule has 0 unspecified atom stereocenters. The number of aryl methyl sites for hydroxylation is 4. The van der Waals surface area contributed by atoms with Gasteiger partial charge >= 0.3 is 0 Å². The van der Waals surface area contributed by atoms with Crippen LogP contribution < -0.4 is 4.74 Å². The molecule has 2 heterocycles. The predicted octanol–water partition coefficient (Wildman–Crippen LogP) is 6.53. The topological polar surface area (TPSA) is 61.3 Å². The lowest BCUT2D eigenvalue weighted by Crippen LogP contribution is -1.91. The van der Waals surface area contributed by atoms with Crippen molar-refractivity contribution in [3.8, 4) is 34.4 Å². The van der Waals surface area contributed by atoms with Gasteiger partial charge in [-0.1, -0.05) is 26.0 Å². The third kappa shape index (κ3) is 3.94. The Bertz CT molecular complexity index is 1050. The van der Waals surface area contributed by atoms with Crippen molar-refractivity contribution in [1.82, 2.24) is 9.97 Å². The molecule has 0 aliphatic carbocycles. The van der Waals surface area contributed by atoms with E-state index in [1.54, 1.807) is 12.5 Å². The smallest absolute Gasteiger partial charge is 0.226 e. The van der Waals surface area contributed by atoms with Crippen LogP contribution in [0, 0.1) is 13.8 Å². The molecule has 0 amide bonds. The van der Waals surface area contributed by atoms with E-state index in [4.69, 9.17) is 13.6 Å². The number of aromatic nitrogens is 2. The summed E-state index contributed by atoms with van der Waals surface area (Å²) in [5.74, 6) is 2.67. The summed E-state index contributed by atoms with van der Waals surface area (Å²) in [6.07, 6.45) is 5.09. The highest BCUT2D eigenvalue weighted by Gasteiger charge is 2.13. The van der Waals surface area contributed by atoms with Gasteiger partial charge in [-0.3, -0.25) is 0 Å². The molecule has 0 saturated heterocycles. The van der Waals surface area contributed by atoms with Crippen molar-refractivity contribution in [3.63, 3.8) is 0 Å². The summed E-state index contributed by atoms with van der Waals surface area (Å²) in [5, 5.41) is 0. The average Bonchev–Trinajstić information content (AvgIpc) is 3.40. The Hall–Kier alpha value is -3.34. The second-order valence-electron chi connectivity index (χ2n) is 7.05. The van der Waals surface area contributed by atoms with Gasteiger partial charge in [-0.2, -0.15) is 0 Å². The van der Waals surface area contributed by atoms with Gasteiger partial charge in [0.05, 0.1) is 11.4 Å². The minimum absolute atomic E-state index is 0.612. The van der Waals surface area contributed by atoms with Crippen LogP contribution in [-0.4, -0.2) is 9.97 Å². The lowest BCUT2D eigenvalue weighted by atomic mass is 10.1. The molecule has 0 saturated carbocycles. The fraction of sp³-hybridized carbons (Fsp3) is 0.250. The molecule has 2 aromatic heterocycles. The Morgan fingerprint density at radius 1 is 0.724 bits per heavy atom. The summed E-state index contributed by atoms with van der Waals surface area (Å²) >= 11 is 0. The normalized spacial score (nSPS) is 11.0. The summed E-state index contributed by atoms with van der Waals surface area (Å²) in [5.41, 5.74) is 5.89. The molecular formula is C24H24N2O3. The molecule has 29 heavy (non-hydrogen) atoms. The summed E-state index contributed by atoms with van der Waals surface area (Å²) < 4.78 is 17.4. The van der Waals surface area contributed by atoms with Crippen molar-refractivity contribution in [2.45, 2.75) is 40.5 Å². The average molecular weight is 388 g/mol. The van der Waals surface area contributed by atoms with Gasteiger partial charge in [0, 0.05) is 11.1 Å². The maximum Gasteiger partial charge on any atom is 0.226 e. The van der Waals surface area contributed by atoms with Gasteiger partial charge < -0.3 is 13.6 Å². The van der Waals surface area contributed by atoms with E-state index in [9.17, 15) is 0 Å². The van der Waals surface area contributed by atoms with Gasteiger partial charge in [0.2, 0.25) is 11.8 Å². The van der Waals surface area contributed by atoms with E-state index in [1.165, 1.54) is 0 Å². The highest BCUT2D eigenvalue weighted by Crippen LogP contribution is 2.33. The van der Waals surface area contributed by atoms with Crippen LogP contribution in [0.4, 0.5) is 0 Å². The Balaban J connectivity index is 1.64. The molecule has 0 spiro atoms. The zero-order valence-electron chi connectivity index (χ0n) is 17.2. The van der Waals surface area contributed by atoms with Gasteiger partial charge in [0.15, 0.2) is 0 Å². The first kappa shape index (κ1) is 19.0. The molecule has 5 nitrogen and oxygen atoms in total. The van der Waals surface area contributed by atoms with Gasteiger partial charge in [-0.25, -0.2) is 9.97 Å². The first-order chi connectivity index (χ1) is 14.1. The monoisotopic (exact) mass is 388 g/mol. The maximum absolute atomic E-state index is 6.14. The molecule has 4 aromatic rings. The largest absolute Gasteiger partial charge is 0.457 e. The Kier molecular flexibility index (Phi) is 5.21. The van der Waals surface area contributed by atoms with Crippen molar-refractivity contribution in [2.75, 3.05) is 0 Å². The zero-order chi connectivity index (χ0) is 20.4. The van der Waals surface area contributed by atoms with E-state index < -0.39 is 0 Å². The second kappa shape index (κ2) is 7.95.